The lowest BCUT2D eigenvalue weighted by Crippen LogP contribution is -2.55. The summed E-state index contributed by atoms with van der Waals surface area (Å²) in [6.45, 7) is 3.68. The molecule has 1 aromatic heterocycles. The van der Waals surface area contributed by atoms with Crippen LogP contribution >= 0.6 is 0 Å². The number of aryl methyl sites for hydroxylation is 1. The van der Waals surface area contributed by atoms with Crippen LogP contribution in [0.1, 0.15) is 41.9 Å². The molecule has 1 amide bonds. The number of pyridine rings is 1. The van der Waals surface area contributed by atoms with Crippen molar-refractivity contribution in [3.63, 3.8) is 0 Å². The lowest BCUT2D eigenvalue weighted by atomic mass is 9.83. The zero-order valence-corrected chi connectivity index (χ0v) is 16.2. The Morgan fingerprint density at radius 3 is 3.04 bits per heavy atom. The molecule has 1 aromatic carbocycles. The van der Waals surface area contributed by atoms with Crippen molar-refractivity contribution in [3.8, 4) is 0 Å². The molecule has 2 aromatic rings. The maximum absolute atomic E-state index is 13.5. The summed E-state index contributed by atoms with van der Waals surface area (Å²) in [6.07, 6.45) is 7.10. The number of amides is 1. The van der Waals surface area contributed by atoms with E-state index in [1.165, 1.54) is 23.3 Å². The number of carbonyl (C=O) groups excluding carboxylic acids is 1. The van der Waals surface area contributed by atoms with Crippen molar-refractivity contribution in [3.05, 3.63) is 65.2 Å². The highest BCUT2D eigenvalue weighted by Crippen LogP contribution is 2.32. The minimum Gasteiger partial charge on any atom is -0.338 e. The number of carbonyl (C=O) groups is 1. The number of hydrogen-bond donors (Lipinski definition) is 2. The van der Waals surface area contributed by atoms with Gasteiger partial charge in [-0.25, -0.2) is 4.39 Å². The molecule has 2 aliphatic heterocycles. The summed E-state index contributed by atoms with van der Waals surface area (Å²) in [7, 11) is 0. The number of rotatable bonds is 4. The molecule has 3 atom stereocenters. The Hall–Kier alpha value is -2.31. The van der Waals surface area contributed by atoms with Gasteiger partial charge in [0.15, 0.2) is 0 Å². The molecule has 2 N–H and O–H groups in total. The zero-order valence-electron chi connectivity index (χ0n) is 16.2. The first kappa shape index (κ1) is 19.0. The zero-order chi connectivity index (χ0) is 19.5. The summed E-state index contributed by atoms with van der Waals surface area (Å²) in [6, 6.07) is 8.71. The van der Waals surface area contributed by atoms with Crippen molar-refractivity contribution in [2.75, 3.05) is 13.1 Å². The monoisotopic (exact) mass is 382 g/mol. The van der Waals surface area contributed by atoms with Gasteiger partial charge in [0, 0.05) is 43.5 Å². The topological polar surface area (TPSA) is 57.3 Å². The SMILES string of the molecule is Cc1cnccc1C1CNNC1C1CCCCN1C(=O)Cc1cccc(F)c1. The first-order valence-corrected chi connectivity index (χ1v) is 10.1. The molecule has 0 spiro atoms. The van der Waals surface area contributed by atoms with Gasteiger partial charge in [-0.2, -0.15) is 0 Å². The van der Waals surface area contributed by atoms with Crippen LogP contribution in [0.25, 0.3) is 0 Å². The molecule has 0 aliphatic carbocycles. The Labute approximate surface area is 165 Å². The van der Waals surface area contributed by atoms with Crippen molar-refractivity contribution in [2.45, 2.75) is 50.6 Å². The molecule has 2 aliphatic rings. The molecule has 5 nitrogen and oxygen atoms in total. The third kappa shape index (κ3) is 3.93. The fourth-order valence-corrected chi connectivity index (χ4v) is 4.65. The fraction of sp³-hybridized carbons (Fsp3) is 0.455. The van der Waals surface area contributed by atoms with E-state index in [2.05, 4.69) is 28.8 Å². The number of halogens is 1. The van der Waals surface area contributed by atoms with E-state index >= 15 is 0 Å². The van der Waals surface area contributed by atoms with Crippen LogP contribution in [-0.2, 0) is 11.2 Å². The van der Waals surface area contributed by atoms with Crippen LogP contribution in [0, 0.1) is 12.7 Å². The van der Waals surface area contributed by atoms with Crippen LogP contribution in [0.2, 0.25) is 0 Å². The van der Waals surface area contributed by atoms with E-state index in [0.717, 1.165) is 37.9 Å². The molecule has 3 heterocycles. The largest absolute Gasteiger partial charge is 0.338 e. The Morgan fingerprint density at radius 1 is 1.32 bits per heavy atom. The number of benzene rings is 1. The van der Waals surface area contributed by atoms with Crippen LogP contribution in [0.15, 0.2) is 42.7 Å². The second-order valence-corrected chi connectivity index (χ2v) is 7.85. The van der Waals surface area contributed by atoms with Crippen LogP contribution < -0.4 is 10.9 Å². The first-order chi connectivity index (χ1) is 13.6. The first-order valence-electron chi connectivity index (χ1n) is 10.1. The van der Waals surface area contributed by atoms with Crippen molar-refractivity contribution < 1.29 is 9.18 Å². The second kappa shape index (κ2) is 8.37. The number of hydrogen-bond acceptors (Lipinski definition) is 4. The van der Waals surface area contributed by atoms with E-state index in [4.69, 9.17) is 0 Å². The minimum atomic E-state index is -0.296. The number of piperidine rings is 1. The summed E-state index contributed by atoms with van der Waals surface area (Å²) >= 11 is 0. The maximum atomic E-state index is 13.5. The number of nitrogens with one attached hydrogen (secondary N) is 2. The van der Waals surface area contributed by atoms with Gasteiger partial charge in [0.25, 0.3) is 0 Å². The maximum Gasteiger partial charge on any atom is 0.227 e. The quantitative estimate of drug-likeness (QED) is 0.854. The molecule has 148 valence electrons. The van der Waals surface area contributed by atoms with E-state index in [0.29, 0.717) is 0 Å². The summed E-state index contributed by atoms with van der Waals surface area (Å²) < 4.78 is 13.5. The molecule has 0 bridgehead atoms. The summed E-state index contributed by atoms with van der Waals surface area (Å²) in [4.78, 5) is 19.3. The normalized spacial score (nSPS) is 25.1. The standard InChI is InChI=1S/C22H27FN4O/c1-15-13-24-9-8-18(15)19-14-25-26-22(19)20-7-2-3-10-27(20)21(28)12-16-5-4-6-17(23)11-16/h4-6,8-9,11,13,19-20,22,25-26H,2-3,7,10,12,14H2,1H3. The molecule has 28 heavy (non-hydrogen) atoms. The van der Waals surface area contributed by atoms with E-state index in [1.54, 1.807) is 6.07 Å². The molecule has 0 saturated carbocycles. The van der Waals surface area contributed by atoms with Gasteiger partial charge >= 0.3 is 0 Å². The van der Waals surface area contributed by atoms with Crippen molar-refractivity contribution >= 4 is 5.91 Å². The lowest BCUT2D eigenvalue weighted by Gasteiger charge is -2.41. The van der Waals surface area contributed by atoms with Crippen molar-refractivity contribution in [1.82, 2.24) is 20.7 Å². The molecule has 6 heteroatoms. The molecular weight excluding hydrogens is 355 g/mol. The highest BCUT2D eigenvalue weighted by molar-refractivity contribution is 5.79. The molecular formula is C22H27FN4O. The smallest absolute Gasteiger partial charge is 0.227 e. The van der Waals surface area contributed by atoms with Gasteiger partial charge in [-0.15, -0.1) is 0 Å². The average Bonchev–Trinajstić information content (AvgIpc) is 3.18. The van der Waals surface area contributed by atoms with Crippen molar-refractivity contribution in [1.29, 1.82) is 0 Å². The summed E-state index contributed by atoms with van der Waals surface area (Å²) in [5.41, 5.74) is 9.93. The Kier molecular flexibility index (Phi) is 5.69. The highest BCUT2D eigenvalue weighted by atomic mass is 19.1. The second-order valence-electron chi connectivity index (χ2n) is 7.85. The van der Waals surface area contributed by atoms with Gasteiger partial charge in [0.05, 0.1) is 6.42 Å². The van der Waals surface area contributed by atoms with Crippen molar-refractivity contribution in [2.24, 2.45) is 0 Å². The van der Waals surface area contributed by atoms with Gasteiger partial charge in [0.1, 0.15) is 5.82 Å². The van der Waals surface area contributed by atoms with Gasteiger partial charge in [-0.3, -0.25) is 20.6 Å². The number of nitrogens with zero attached hydrogens (tertiary/aromatic N) is 2. The Bertz CT molecular complexity index is 843. The highest BCUT2D eigenvalue weighted by Gasteiger charge is 2.40. The Balaban J connectivity index is 1.54. The molecule has 4 rings (SSSR count). The van der Waals surface area contributed by atoms with Crippen LogP contribution in [0.3, 0.4) is 0 Å². The summed E-state index contributed by atoms with van der Waals surface area (Å²) in [5.74, 6) is 0.0696. The van der Waals surface area contributed by atoms with Crippen LogP contribution in [0.4, 0.5) is 4.39 Å². The van der Waals surface area contributed by atoms with Crippen LogP contribution in [0.5, 0.6) is 0 Å². The number of hydrazine groups is 1. The van der Waals surface area contributed by atoms with E-state index in [9.17, 15) is 9.18 Å². The number of likely N-dealkylation sites (tertiary alicyclic amines) is 1. The van der Waals surface area contributed by atoms with Crippen LogP contribution in [-0.4, -0.2) is 41.0 Å². The molecule has 0 radical (unpaired) electrons. The predicted molar refractivity (Wildman–Crippen MR) is 106 cm³/mol. The third-order valence-corrected chi connectivity index (χ3v) is 6.02. The molecule has 3 unspecified atom stereocenters. The third-order valence-electron chi connectivity index (χ3n) is 6.02. The van der Waals surface area contributed by atoms with Gasteiger partial charge < -0.3 is 4.90 Å². The van der Waals surface area contributed by atoms with Gasteiger partial charge in [-0.1, -0.05) is 12.1 Å². The lowest BCUT2D eigenvalue weighted by molar-refractivity contribution is -0.134. The van der Waals surface area contributed by atoms with E-state index in [-0.39, 0.29) is 36.1 Å². The molecule has 2 fully saturated rings. The molecule has 2 saturated heterocycles. The fourth-order valence-electron chi connectivity index (χ4n) is 4.65. The van der Waals surface area contributed by atoms with Gasteiger partial charge in [-0.05, 0) is 61.1 Å². The Morgan fingerprint density at radius 2 is 2.21 bits per heavy atom. The van der Waals surface area contributed by atoms with E-state index < -0.39 is 0 Å². The summed E-state index contributed by atoms with van der Waals surface area (Å²) in [5, 5.41) is 0. The van der Waals surface area contributed by atoms with Gasteiger partial charge in [0.2, 0.25) is 5.91 Å². The van der Waals surface area contributed by atoms with E-state index in [1.807, 2.05) is 23.4 Å². The number of aromatic nitrogens is 1. The minimum absolute atomic E-state index is 0.0780. The predicted octanol–water partition coefficient (Wildman–Crippen LogP) is 2.71. The average molecular weight is 382 g/mol.